The van der Waals surface area contributed by atoms with E-state index in [0.717, 1.165) is 5.56 Å². The second-order valence-electron chi connectivity index (χ2n) is 3.62. The molecule has 2 aromatic rings. The molecule has 18 heavy (non-hydrogen) atoms. The topological polar surface area (TPSA) is 54.9 Å². The van der Waals surface area contributed by atoms with Gasteiger partial charge in [0.25, 0.3) is 5.91 Å². The van der Waals surface area contributed by atoms with E-state index in [-0.39, 0.29) is 17.0 Å². The van der Waals surface area contributed by atoms with Gasteiger partial charge in [-0.2, -0.15) is 0 Å². The molecule has 2 rings (SSSR count). The number of nitrogens with one attached hydrogen (secondary N) is 1. The lowest BCUT2D eigenvalue weighted by Crippen LogP contribution is -2.15. The van der Waals surface area contributed by atoms with Crippen molar-refractivity contribution < 1.29 is 4.79 Å². The third-order valence-electron chi connectivity index (χ3n) is 2.29. The molecular formula is C12H9Cl2N3O. The second-order valence-corrected chi connectivity index (χ2v) is 4.44. The number of anilines is 1. The molecule has 1 amide bonds. The van der Waals surface area contributed by atoms with Gasteiger partial charge >= 0.3 is 0 Å². The highest BCUT2D eigenvalue weighted by atomic mass is 35.5. The summed E-state index contributed by atoms with van der Waals surface area (Å²) >= 11 is 11.6. The molecule has 0 fully saturated rings. The van der Waals surface area contributed by atoms with E-state index in [1.54, 1.807) is 18.2 Å². The van der Waals surface area contributed by atoms with Crippen molar-refractivity contribution in [2.24, 2.45) is 0 Å². The summed E-state index contributed by atoms with van der Waals surface area (Å²) in [5, 5.41) is 3.33. The van der Waals surface area contributed by atoms with E-state index in [1.165, 1.54) is 12.3 Å². The zero-order valence-corrected chi connectivity index (χ0v) is 11.0. The van der Waals surface area contributed by atoms with Crippen LogP contribution in [0.5, 0.6) is 0 Å². The molecule has 1 N–H and O–H groups in total. The first-order valence-corrected chi connectivity index (χ1v) is 5.88. The Morgan fingerprint density at radius 1 is 1.28 bits per heavy atom. The van der Waals surface area contributed by atoms with Gasteiger partial charge in [0, 0.05) is 16.8 Å². The van der Waals surface area contributed by atoms with Crippen molar-refractivity contribution in [3.05, 3.63) is 51.8 Å². The van der Waals surface area contributed by atoms with Crippen LogP contribution in [0.4, 0.5) is 5.95 Å². The molecule has 0 bridgehead atoms. The van der Waals surface area contributed by atoms with Crippen LogP contribution in [0.2, 0.25) is 10.2 Å². The molecule has 0 aliphatic heterocycles. The Morgan fingerprint density at radius 2 is 2.06 bits per heavy atom. The van der Waals surface area contributed by atoms with E-state index in [9.17, 15) is 4.79 Å². The number of halogens is 2. The average molecular weight is 282 g/mol. The van der Waals surface area contributed by atoms with Crippen molar-refractivity contribution in [1.82, 2.24) is 9.97 Å². The first-order chi connectivity index (χ1) is 8.56. The molecule has 0 saturated heterocycles. The van der Waals surface area contributed by atoms with Crippen molar-refractivity contribution in [2.75, 3.05) is 5.32 Å². The summed E-state index contributed by atoms with van der Waals surface area (Å²) in [5.41, 5.74) is 1.30. The number of carbonyl (C=O) groups is 1. The number of hydrogen-bond donors (Lipinski definition) is 1. The van der Waals surface area contributed by atoms with Crippen molar-refractivity contribution >= 4 is 35.1 Å². The minimum absolute atomic E-state index is 0.159. The van der Waals surface area contributed by atoms with Gasteiger partial charge in [-0.3, -0.25) is 10.1 Å². The standard InChI is InChI=1S/C12H9Cl2N3O/c1-7-2-3-8(13)6-9(7)11(18)17-12-15-5-4-10(14)16-12/h2-6H,1H3,(H,15,16,17,18). The molecule has 0 aliphatic rings. The van der Waals surface area contributed by atoms with Gasteiger partial charge in [-0.1, -0.05) is 29.3 Å². The Balaban J connectivity index is 2.24. The first kappa shape index (κ1) is 12.8. The summed E-state index contributed by atoms with van der Waals surface area (Å²) in [7, 11) is 0. The summed E-state index contributed by atoms with van der Waals surface area (Å²) in [4.78, 5) is 19.8. The van der Waals surface area contributed by atoms with E-state index in [1.807, 2.05) is 6.92 Å². The van der Waals surface area contributed by atoms with Crippen LogP contribution in [0.25, 0.3) is 0 Å². The molecule has 4 nitrogen and oxygen atoms in total. The second kappa shape index (κ2) is 5.33. The van der Waals surface area contributed by atoms with Crippen LogP contribution in [0.1, 0.15) is 15.9 Å². The molecule has 0 atom stereocenters. The Morgan fingerprint density at radius 3 is 2.78 bits per heavy atom. The van der Waals surface area contributed by atoms with Crippen molar-refractivity contribution in [1.29, 1.82) is 0 Å². The van der Waals surface area contributed by atoms with E-state index in [2.05, 4.69) is 15.3 Å². The maximum absolute atomic E-state index is 12.0. The zero-order valence-electron chi connectivity index (χ0n) is 9.45. The quantitative estimate of drug-likeness (QED) is 0.859. The molecule has 0 radical (unpaired) electrons. The highest BCUT2D eigenvalue weighted by molar-refractivity contribution is 6.31. The fourth-order valence-corrected chi connectivity index (χ4v) is 1.71. The highest BCUT2D eigenvalue weighted by Gasteiger charge is 2.11. The van der Waals surface area contributed by atoms with Gasteiger partial charge in [-0.15, -0.1) is 0 Å². The van der Waals surface area contributed by atoms with Crippen LogP contribution in [-0.4, -0.2) is 15.9 Å². The van der Waals surface area contributed by atoms with E-state index < -0.39 is 0 Å². The van der Waals surface area contributed by atoms with E-state index in [4.69, 9.17) is 23.2 Å². The fraction of sp³-hybridized carbons (Fsp3) is 0.0833. The number of nitrogens with zero attached hydrogens (tertiary/aromatic N) is 2. The van der Waals surface area contributed by atoms with Gasteiger partial charge in [0.1, 0.15) is 5.15 Å². The monoisotopic (exact) mass is 281 g/mol. The SMILES string of the molecule is Cc1ccc(Cl)cc1C(=O)Nc1nccc(Cl)n1. The Bertz CT molecular complexity index is 602. The summed E-state index contributed by atoms with van der Waals surface area (Å²) in [6, 6.07) is 6.62. The molecule has 1 heterocycles. The van der Waals surface area contributed by atoms with Crippen LogP contribution in [0.15, 0.2) is 30.5 Å². The lowest BCUT2D eigenvalue weighted by molar-refractivity contribution is 0.102. The maximum Gasteiger partial charge on any atom is 0.258 e. The molecule has 0 spiro atoms. The van der Waals surface area contributed by atoms with Gasteiger partial charge in [0.2, 0.25) is 5.95 Å². The normalized spacial score (nSPS) is 10.2. The predicted molar refractivity (Wildman–Crippen MR) is 71.2 cm³/mol. The van der Waals surface area contributed by atoms with Crippen LogP contribution in [0, 0.1) is 6.92 Å². The minimum atomic E-state index is -0.322. The van der Waals surface area contributed by atoms with Crippen LogP contribution in [-0.2, 0) is 0 Å². The smallest absolute Gasteiger partial charge is 0.258 e. The van der Waals surface area contributed by atoms with Crippen molar-refractivity contribution in [3.63, 3.8) is 0 Å². The van der Waals surface area contributed by atoms with Gasteiger partial charge < -0.3 is 0 Å². The molecule has 0 aliphatic carbocycles. The lowest BCUT2D eigenvalue weighted by atomic mass is 10.1. The number of aromatic nitrogens is 2. The summed E-state index contributed by atoms with van der Waals surface area (Å²) in [5.74, 6) is -0.163. The number of amides is 1. The zero-order chi connectivity index (χ0) is 13.1. The van der Waals surface area contributed by atoms with Gasteiger partial charge in [0.15, 0.2) is 0 Å². The fourth-order valence-electron chi connectivity index (χ4n) is 1.40. The van der Waals surface area contributed by atoms with Gasteiger partial charge in [0.05, 0.1) is 0 Å². The molecule has 0 saturated carbocycles. The number of benzene rings is 1. The predicted octanol–water partition coefficient (Wildman–Crippen LogP) is 3.34. The maximum atomic E-state index is 12.0. The third-order valence-corrected chi connectivity index (χ3v) is 2.74. The lowest BCUT2D eigenvalue weighted by Gasteiger charge is -2.06. The molecule has 1 aromatic carbocycles. The average Bonchev–Trinajstić information content (AvgIpc) is 2.32. The number of rotatable bonds is 2. The Kier molecular flexibility index (Phi) is 3.79. The van der Waals surface area contributed by atoms with Crippen molar-refractivity contribution in [3.8, 4) is 0 Å². The van der Waals surface area contributed by atoms with Crippen LogP contribution < -0.4 is 5.32 Å². The highest BCUT2D eigenvalue weighted by Crippen LogP contribution is 2.16. The number of hydrogen-bond acceptors (Lipinski definition) is 3. The van der Waals surface area contributed by atoms with Gasteiger partial charge in [-0.25, -0.2) is 9.97 Å². The van der Waals surface area contributed by atoms with Crippen LogP contribution >= 0.6 is 23.2 Å². The van der Waals surface area contributed by atoms with Gasteiger partial charge in [-0.05, 0) is 30.7 Å². The summed E-state index contributed by atoms with van der Waals surface area (Å²) in [6.45, 7) is 1.82. The Hall–Kier alpha value is -1.65. The van der Waals surface area contributed by atoms with Crippen molar-refractivity contribution in [2.45, 2.75) is 6.92 Å². The van der Waals surface area contributed by atoms with Crippen LogP contribution in [0.3, 0.4) is 0 Å². The first-order valence-electron chi connectivity index (χ1n) is 5.12. The Labute approximate surface area is 114 Å². The number of aryl methyl sites for hydroxylation is 1. The molecule has 1 aromatic heterocycles. The number of carbonyl (C=O) groups excluding carboxylic acids is 1. The minimum Gasteiger partial charge on any atom is -0.290 e. The molecular weight excluding hydrogens is 273 g/mol. The summed E-state index contributed by atoms with van der Waals surface area (Å²) < 4.78 is 0. The summed E-state index contributed by atoms with van der Waals surface area (Å²) in [6.07, 6.45) is 1.47. The third kappa shape index (κ3) is 2.97. The molecule has 0 unspecified atom stereocenters. The largest absolute Gasteiger partial charge is 0.290 e. The molecule has 92 valence electrons. The van der Waals surface area contributed by atoms with E-state index in [0.29, 0.717) is 10.6 Å². The van der Waals surface area contributed by atoms with E-state index >= 15 is 0 Å². The molecule has 6 heteroatoms.